The second-order valence-corrected chi connectivity index (χ2v) is 7.24. The molecule has 0 saturated carbocycles. The molecule has 0 aliphatic rings. The molecule has 0 fully saturated rings. The van der Waals surface area contributed by atoms with Crippen LogP contribution in [0, 0.1) is 13.8 Å². The number of nitrogens with one attached hydrogen (secondary N) is 2. The minimum Gasteiger partial charge on any atom is -0.507 e. The topological polar surface area (TPSA) is 98.7 Å². The van der Waals surface area contributed by atoms with E-state index >= 15 is 0 Å². The Morgan fingerprint density at radius 2 is 1.18 bits per heavy atom. The zero-order chi connectivity index (χ0) is 21.0. The summed E-state index contributed by atoms with van der Waals surface area (Å²) in [6.07, 6.45) is 0. The Morgan fingerprint density at radius 1 is 0.821 bits per heavy atom. The van der Waals surface area contributed by atoms with Crippen LogP contribution < -0.4 is 10.6 Å². The Balaban J connectivity index is 2.45. The molecule has 6 nitrogen and oxygen atoms in total. The highest BCUT2D eigenvalue weighted by Gasteiger charge is 2.20. The number of amides is 2. The Morgan fingerprint density at radius 3 is 1.50 bits per heavy atom. The monoisotopic (exact) mass is 384 g/mol. The van der Waals surface area contributed by atoms with Crippen LogP contribution in [0.25, 0.3) is 0 Å². The van der Waals surface area contributed by atoms with Gasteiger partial charge in [-0.05, 0) is 48.2 Å². The Hall–Kier alpha value is -3.02. The van der Waals surface area contributed by atoms with Crippen molar-refractivity contribution >= 4 is 11.8 Å². The quantitative estimate of drug-likeness (QED) is 0.615. The number of phenolic OH excluding ortho intramolecular Hbond substituents is 2. The SMILES string of the molecule is CC(=O)NCc1cc(C)c(O)c(C(C)c2cc(CNC(C)=O)cc(C)c2O)c1. The number of aryl methyl sites for hydroxylation is 2. The number of carbonyl (C=O) groups excluding carboxylic acids is 2. The molecule has 28 heavy (non-hydrogen) atoms. The van der Waals surface area contributed by atoms with Gasteiger partial charge >= 0.3 is 0 Å². The van der Waals surface area contributed by atoms with Gasteiger partial charge in [0, 0.05) is 44.0 Å². The average molecular weight is 384 g/mol. The van der Waals surface area contributed by atoms with E-state index in [0.717, 1.165) is 11.1 Å². The van der Waals surface area contributed by atoms with Gasteiger partial charge < -0.3 is 20.8 Å². The Labute approximate surface area is 165 Å². The first-order valence-corrected chi connectivity index (χ1v) is 9.23. The number of rotatable bonds is 6. The Bertz CT molecular complexity index is 832. The number of hydrogen-bond acceptors (Lipinski definition) is 4. The van der Waals surface area contributed by atoms with Gasteiger partial charge in [0.05, 0.1) is 0 Å². The number of benzene rings is 2. The summed E-state index contributed by atoms with van der Waals surface area (Å²) in [5, 5.41) is 26.7. The van der Waals surface area contributed by atoms with Crippen LogP contribution in [0.15, 0.2) is 24.3 Å². The van der Waals surface area contributed by atoms with Crippen molar-refractivity contribution in [2.24, 2.45) is 0 Å². The lowest BCUT2D eigenvalue weighted by atomic mass is 9.87. The maximum absolute atomic E-state index is 11.2. The fourth-order valence-corrected chi connectivity index (χ4v) is 3.25. The van der Waals surface area contributed by atoms with Crippen molar-refractivity contribution in [2.75, 3.05) is 0 Å². The normalized spacial score (nSPS) is 10.8. The number of hydrogen-bond donors (Lipinski definition) is 4. The van der Waals surface area contributed by atoms with Gasteiger partial charge in [0.1, 0.15) is 11.5 Å². The third-order valence-electron chi connectivity index (χ3n) is 4.80. The van der Waals surface area contributed by atoms with Crippen LogP contribution >= 0.6 is 0 Å². The lowest BCUT2D eigenvalue weighted by Gasteiger charge is -2.20. The van der Waals surface area contributed by atoms with Crippen molar-refractivity contribution in [2.45, 2.75) is 53.6 Å². The van der Waals surface area contributed by atoms with Crippen molar-refractivity contribution < 1.29 is 19.8 Å². The van der Waals surface area contributed by atoms with Crippen molar-refractivity contribution in [1.82, 2.24) is 10.6 Å². The van der Waals surface area contributed by atoms with E-state index in [2.05, 4.69) is 10.6 Å². The maximum Gasteiger partial charge on any atom is 0.217 e. The molecule has 0 aliphatic heterocycles. The molecule has 150 valence electrons. The van der Waals surface area contributed by atoms with E-state index in [9.17, 15) is 19.8 Å². The molecule has 0 saturated heterocycles. The van der Waals surface area contributed by atoms with Crippen LogP contribution in [-0.4, -0.2) is 22.0 Å². The summed E-state index contributed by atoms with van der Waals surface area (Å²) in [5.41, 5.74) is 4.50. The first kappa shape index (κ1) is 21.3. The van der Waals surface area contributed by atoms with Gasteiger partial charge in [-0.1, -0.05) is 19.1 Å². The van der Waals surface area contributed by atoms with E-state index in [1.807, 2.05) is 31.2 Å². The molecule has 0 unspecified atom stereocenters. The zero-order valence-corrected chi connectivity index (χ0v) is 17.0. The van der Waals surface area contributed by atoms with Gasteiger partial charge in [0.15, 0.2) is 0 Å². The maximum atomic E-state index is 11.2. The van der Waals surface area contributed by atoms with Crippen LogP contribution in [0.1, 0.15) is 60.1 Å². The van der Waals surface area contributed by atoms with Crippen LogP contribution in [0.3, 0.4) is 0 Å². The van der Waals surface area contributed by atoms with Gasteiger partial charge in [0.25, 0.3) is 0 Å². The number of carbonyl (C=O) groups is 2. The molecule has 0 atom stereocenters. The molecule has 0 heterocycles. The summed E-state index contributed by atoms with van der Waals surface area (Å²) in [5.74, 6) is -0.197. The third kappa shape index (κ3) is 5.03. The fraction of sp³-hybridized carbons (Fsp3) is 0.364. The zero-order valence-electron chi connectivity index (χ0n) is 17.0. The highest BCUT2D eigenvalue weighted by atomic mass is 16.3. The van der Waals surface area contributed by atoms with E-state index in [4.69, 9.17) is 0 Å². The highest BCUT2D eigenvalue weighted by Crippen LogP contribution is 2.39. The largest absolute Gasteiger partial charge is 0.507 e. The lowest BCUT2D eigenvalue weighted by Crippen LogP contribution is -2.19. The van der Waals surface area contributed by atoms with E-state index in [1.165, 1.54) is 13.8 Å². The molecule has 0 aliphatic carbocycles. The predicted octanol–water partition coefficient (Wildman–Crippen LogP) is 3.14. The van der Waals surface area contributed by atoms with Crippen LogP contribution in [-0.2, 0) is 22.7 Å². The Kier molecular flexibility index (Phi) is 6.67. The van der Waals surface area contributed by atoms with Crippen LogP contribution in [0.2, 0.25) is 0 Å². The van der Waals surface area contributed by atoms with E-state index in [-0.39, 0.29) is 29.2 Å². The molecular weight excluding hydrogens is 356 g/mol. The molecule has 2 aromatic carbocycles. The molecular formula is C22H28N2O4. The predicted molar refractivity (Wildman–Crippen MR) is 108 cm³/mol. The van der Waals surface area contributed by atoms with Gasteiger partial charge in [0.2, 0.25) is 11.8 Å². The van der Waals surface area contributed by atoms with Gasteiger partial charge in [-0.2, -0.15) is 0 Å². The molecule has 2 rings (SSSR count). The highest BCUT2D eigenvalue weighted by molar-refractivity contribution is 5.73. The summed E-state index contributed by atoms with van der Waals surface area (Å²) in [6, 6.07) is 7.36. The molecule has 0 aromatic heterocycles. The number of aromatic hydroxyl groups is 2. The summed E-state index contributed by atoms with van der Waals surface area (Å²) < 4.78 is 0. The van der Waals surface area contributed by atoms with Crippen molar-refractivity contribution in [3.8, 4) is 11.5 Å². The van der Waals surface area contributed by atoms with Crippen molar-refractivity contribution in [3.05, 3.63) is 57.6 Å². The van der Waals surface area contributed by atoms with Gasteiger partial charge in [-0.3, -0.25) is 9.59 Å². The smallest absolute Gasteiger partial charge is 0.217 e. The average Bonchev–Trinajstić information content (AvgIpc) is 2.62. The summed E-state index contributed by atoms with van der Waals surface area (Å²) >= 11 is 0. The molecule has 4 N–H and O–H groups in total. The second kappa shape index (κ2) is 8.78. The molecule has 0 spiro atoms. The van der Waals surface area contributed by atoms with Gasteiger partial charge in [-0.15, -0.1) is 0 Å². The standard InChI is InChI=1S/C22H28N2O4/c1-12-6-17(10-23-15(4)25)8-19(21(12)27)14(3)20-9-18(11-24-16(5)26)7-13(2)22(20)28/h6-9,14,27-28H,10-11H2,1-5H3,(H,23,25)(H,24,26). The summed E-state index contributed by atoms with van der Waals surface area (Å²) in [4.78, 5) is 22.4. The van der Waals surface area contributed by atoms with Crippen molar-refractivity contribution in [1.29, 1.82) is 0 Å². The first-order chi connectivity index (χ1) is 13.1. The molecule has 0 radical (unpaired) electrons. The molecule has 0 bridgehead atoms. The van der Waals surface area contributed by atoms with E-state index in [0.29, 0.717) is 35.3 Å². The van der Waals surface area contributed by atoms with Gasteiger partial charge in [-0.25, -0.2) is 0 Å². The second-order valence-electron chi connectivity index (χ2n) is 7.24. The minimum atomic E-state index is -0.285. The lowest BCUT2D eigenvalue weighted by molar-refractivity contribution is -0.120. The molecule has 6 heteroatoms. The summed E-state index contributed by atoms with van der Waals surface area (Å²) in [7, 11) is 0. The third-order valence-corrected chi connectivity index (χ3v) is 4.80. The summed E-state index contributed by atoms with van der Waals surface area (Å²) in [6.45, 7) is 9.17. The molecule has 2 amide bonds. The van der Waals surface area contributed by atoms with E-state index < -0.39 is 0 Å². The number of phenols is 2. The van der Waals surface area contributed by atoms with E-state index in [1.54, 1.807) is 13.8 Å². The minimum absolute atomic E-state index is 0.126. The molecule has 2 aromatic rings. The van der Waals surface area contributed by atoms with Crippen molar-refractivity contribution in [3.63, 3.8) is 0 Å². The van der Waals surface area contributed by atoms with Crippen LogP contribution in [0.4, 0.5) is 0 Å². The fourth-order valence-electron chi connectivity index (χ4n) is 3.25. The van der Waals surface area contributed by atoms with Crippen LogP contribution in [0.5, 0.6) is 11.5 Å². The first-order valence-electron chi connectivity index (χ1n) is 9.23.